The van der Waals surface area contributed by atoms with Gasteiger partial charge in [-0.25, -0.2) is 19.9 Å². The van der Waals surface area contributed by atoms with Crippen LogP contribution in [0.5, 0.6) is 0 Å². The third-order valence-electron chi connectivity index (χ3n) is 18.9. The first-order valence-corrected chi connectivity index (χ1v) is 34.8. The van der Waals surface area contributed by atoms with Crippen LogP contribution < -0.4 is 65.0 Å². The summed E-state index contributed by atoms with van der Waals surface area (Å²) in [5.74, 6) is -7.09. The Kier molecular flexibility index (Phi) is 34.7. The number of guanidine groups is 2. The third kappa shape index (κ3) is 23.5. The van der Waals surface area contributed by atoms with E-state index in [1.807, 2.05) is 116 Å². The number of nitrogens with zero attached hydrogens (tertiary/aromatic N) is 6. The number of carboxylic acid groups (broad SMARTS) is 6. The number of hydrogen-bond acceptors (Lipinski definition) is 20. The smallest absolute Gasteiger partial charge is 0.550 e. The van der Waals surface area contributed by atoms with Gasteiger partial charge in [0.25, 0.3) is 0 Å². The molecule has 589 valence electrons. The van der Waals surface area contributed by atoms with Crippen molar-refractivity contribution in [2.45, 2.75) is 145 Å². The molecule has 0 saturated carbocycles. The summed E-state index contributed by atoms with van der Waals surface area (Å²) in [4.78, 5) is 107. The summed E-state index contributed by atoms with van der Waals surface area (Å²) >= 11 is 0. The van der Waals surface area contributed by atoms with E-state index in [1.165, 1.54) is 0 Å². The maximum absolute atomic E-state index is 11.4. The van der Waals surface area contributed by atoms with Crippen LogP contribution in [0.4, 0.5) is 0 Å². The monoisotopic (exact) mass is 1640 g/mol. The summed E-state index contributed by atoms with van der Waals surface area (Å²) in [6.45, 7) is 32.7. The Morgan fingerprint density at radius 2 is 0.586 bits per heavy atom. The molecule has 6 aromatic rings. The molecule has 6 aromatic heterocycles. The van der Waals surface area contributed by atoms with Crippen molar-refractivity contribution < 1.29 is 110 Å². The maximum Gasteiger partial charge on any atom is 2.00 e. The Morgan fingerprint density at radius 1 is 0.369 bits per heavy atom. The zero-order valence-corrected chi connectivity index (χ0v) is 66.0. The number of H-pyrrole nitrogens is 4. The van der Waals surface area contributed by atoms with Gasteiger partial charge in [-0.1, -0.05) is 50.6 Å². The van der Waals surface area contributed by atoms with Gasteiger partial charge in [0.1, 0.15) is 0 Å². The molecule has 4 aliphatic rings. The van der Waals surface area contributed by atoms with Crippen molar-refractivity contribution in [2.24, 2.45) is 44.4 Å². The summed E-state index contributed by atoms with van der Waals surface area (Å²) < 4.78 is 0. The topological polar surface area (TPSA) is 536 Å². The first-order chi connectivity index (χ1) is 51.1. The van der Waals surface area contributed by atoms with Crippen LogP contribution in [0.3, 0.4) is 0 Å². The Labute approximate surface area is 673 Å². The van der Waals surface area contributed by atoms with Crippen molar-refractivity contribution in [1.82, 2.24) is 39.9 Å². The van der Waals surface area contributed by atoms with Crippen molar-refractivity contribution in [3.63, 3.8) is 0 Å². The number of hydrogen-bond donors (Lipinski definition) is 10. The number of fused-ring (bicyclic) bond motifs is 16. The minimum atomic E-state index is -1.25. The molecule has 10 rings (SSSR count). The number of aromatic amines is 4. The number of aliphatic imine (C=N–C) groups is 2. The van der Waals surface area contributed by atoms with Crippen molar-refractivity contribution in [1.29, 1.82) is 0 Å². The largest absolute Gasteiger partial charge is 2.00 e. The van der Waals surface area contributed by atoms with Crippen LogP contribution in [0.2, 0.25) is 0 Å². The van der Waals surface area contributed by atoms with E-state index in [0.29, 0.717) is 84.3 Å². The minimum absolute atomic E-state index is 0. The molecule has 0 amide bonds. The number of carboxylic acids is 6. The summed E-state index contributed by atoms with van der Waals surface area (Å²) in [6, 6.07) is 13.7. The molecular formula is C80H90Co3N16O12. The summed E-state index contributed by atoms with van der Waals surface area (Å²) in [7, 11) is 0. The number of aryl methyl sites for hydroxylation is 4. The Morgan fingerprint density at radius 3 is 0.793 bits per heavy atom. The van der Waals surface area contributed by atoms with Crippen LogP contribution >= 0.6 is 0 Å². The molecule has 111 heavy (non-hydrogen) atoms. The van der Waals surface area contributed by atoms with E-state index in [4.69, 9.17) is 54.3 Å². The molecular weight excluding hydrogens is 1550 g/mol. The molecule has 16 bridgehead atoms. The first-order valence-electron chi connectivity index (χ1n) is 34.8. The van der Waals surface area contributed by atoms with Crippen molar-refractivity contribution >= 4 is 161 Å². The average molecular weight is 1640 g/mol. The van der Waals surface area contributed by atoms with Crippen LogP contribution in [0.25, 0.3) is 113 Å². The molecule has 2 atom stereocenters. The molecule has 0 spiro atoms. The number of aromatic nitrogens is 8. The molecule has 0 aromatic carbocycles. The van der Waals surface area contributed by atoms with E-state index in [-0.39, 0.29) is 114 Å². The normalized spacial score (nSPS) is 12.5. The van der Waals surface area contributed by atoms with Gasteiger partial charge in [0.2, 0.25) is 0 Å². The predicted molar refractivity (Wildman–Crippen MR) is 414 cm³/mol. The number of carbonyl (C=O) groups is 6. The van der Waals surface area contributed by atoms with Gasteiger partial charge in [0.15, 0.2) is 11.9 Å². The zero-order chi connectivity index (χ0) is 79.7. The van der Waals surface area contributed by atoms with E-state index in [9.17, 15) is 59.4 Å². The molecule has 16 N–H and O–H groups in total. The summed E-state index contributed by atoms with van der Waals surface area (Å²) in [6.07, 6.45) is 9.29. The van der Waals surface area contributed by atoms with Gasteiger partial charge in [-0.3, -0.25) is 9.98 Å². The SMILES string of the molecule is C=Cc1c(C)c2cc3[nH]c(cc4nc(cc5nc(cc1[nH]2)C(C)=C5CCC(=O)[O-])C(CCC(=O)[O-])=C4C)c(C)c3C=C.C=Cc1c(C)c2cc3[nH]c(cc4nc(cc5nc(cc1[nH]2)C(C)=C5CCC(=O)[O-])C(CCC(=O)[O-])=C4C)c(C)c3C=C.NC(N)=NCCC[C@H](N)C(=O)[O-].NC(N)=NCCC[C@H](N)C(=O)[O-].[Co+2].[Co+2].[Co+2]. The predicted octanol–water partition coefficient (Wildman–Crippen LogP) is 4.51. The molecule has 0 saturated heterocycles. The van der Waals surface area contributed by atoms with Crippen molar-refractivity contribution in [3.05, 3.63) is 165 Å². The Bertz CT molecular complexity index is 4880. The number of aliphatic carboxylic acids is 6. The molecule has 31 heteroatoms. The van der Waals surface area contributed by atoms with E-state index in [1.54, 1.807) is 12.2 Å². The van der Waals surface area contributed by atoms with E-state index >= 15 is 0 Å². The number of nitrogens with one attached hydrogen (secondary N) is 4. The maximum atomic E-state index is 11.4. The van der Waals surface area contributed by atoms with Crippen molar-refractivity contribution in [2.75, 3.05) is 13.1 Å². The van der Waals surface area contributed by atoms with E-state index < -0.39 is 47.9 Å². The second-order valence-corrected chi connectivity index (χ2v) is 26.1. The number of carbonyl (C=O) groups excluding carboxylic acids is 6. The molecule has 0 aliphatic carbocycles. The summed E-state index contributed by atoms with van der Waals surface area (Å²) in [5, 5.41) is 65.8. The van der Waals surface area contributed by atoms with Gasteiger partial charge in [-0.15, -0.1) is 0 Å². The zero-order valence-electron chi connectivity index (χ0n) is 62.9. The van der Waals surface area contributed by atoms with Crippen LogP contribution in [0, 0.1) is 27.7 Å². The first kappa shape index (κ1) is 92.3. The average Bonchev–Trinajstić information content (AvgIpc) is 1.62. The number of allylic oxidation sites excluding steroid dienone is 8. The fraction of sp³-hybridized carbons (Fsp3) is 0.300. The van der Waals surface area contributed by atoms with Gasteiger partial charge >= 0.3 is 50.3 Å². The summed E-state index contributed by atoms with van der Waals surface area (Å²) in [5.41, 5.74) is 57.0. The second kappa shape index (κ2) is 41.7. The molecule has 3 radical (unpaired) electrons. The standard InChI is InChI=1S/2C34H34N4O4.2C6H14N4O2.3Co/c2*1-7-21-17(3)25-13-26-19(5)23(9-11-33(39)40)31(37-26)16-32-24(10-12-34(41)42)20(6)28(38-32)15-30-22(8-2)18(4)27(36-30)14-29(21)35-25;2*7-4(5(11)12)2-1-3-10-6(8)9;;;/h2*7-8,13-16,35-36H,1-2,9-12H2,3-6H3,(H,39,40)(H,41,42);2*4H,1-3,7H2,(H,11,12)(H4,8,9,10);;;/q;;;;3*+2/p-6/t;;2*4-;;;/m..00.../s1. The molecule has 10 heterocycles. The quantitative estimate of drug-likeness (QED) is 0.0203. The molecule has 0 fully saturated rings. The van der Waals surface area contributed by atoms with E-state index in [0.717, 1.165) is 133 Å². The Hall–Kier alpha value is -11.0. The second-order valence-electron chi connectivity index (χ2n) is 26.1. The molecule has 28 nitrogen and oxygen atoms in total. The van der Waals surface area contributed by atoms with Gasteiger partial charge in [0, 0.05) is 115 Å². The Balaban J connectivity index is 0.000000355. The number of nitrogens with two attached hydrogens (primary N) is 6. The molecule has 0 unspecified atom stereocenters. The fourth-order valence-electron chi connectivity index (χ4n) is 12.8. The van der Waals surface area contributed by atoms with Gasteiger partial charge in [0.05, 0.1) is 57.5 Å². The van der Waals surface area contributed by atoms with E-state index in [2.05, 4.69) is 56.2 Å². The third-order valence-corrected chi connectivity index (χ3v) is 18.9. The molecule has 4 aliphatic heterocycles. The van der Waals surface area contributed by atoms with Gasteiger partial charge < -0.3 is 114 Å². The minimum Gasteiger partial charge on any atom is -0.550 e. The van der Waals surface area contributed by atoms with Gasteiger partial charge in [-0.05, 0) is 248 Å². The van der Waals surface area contributed by atoms with Crippen LogP contribution in [0.1, 0.15) is 195 Å². The van der Waals surface area contributed by atoms with Crippen LogP contribution in [-0.4, -0.2) is 113 Å². The van der Waals surface area contributed by atoms with Crippen LogP contribution in [0.15, 0.2) is 84.8 Å². The van der Waals surface area contributed by atoms with Crippen molar-refractivity contribution in [3.8, 4) is 0 Å². The number of rotatable bonds is 26. The van der Waals surface area contributed by atoms with Crippen LogP contribution in [-0.2, 0) is 79.1 Å². The van der Waals surface area contributed by atoms with Gasteiger partial charge in [-0.2, -0.15) is 0 Å². The fourth-order valence-corrected chi connectivity index (χ4v) is 12.8.